The summed E-state index contributed by atoms with van der Waals surface area (Å²) in [5, 5.41) is 7.80. The fourth-order valence-corrected chi connectivity index (χ4v) is 4.90. The molecule has 4 heterocycles. The van der Waals surface area contributed by atoms with Gasteiger partial charge in [0.1, 0.15) is 0 Å². The Kier molecular flexibility index (Phi) is 3.43. The molecule has 0 spiro atoms. The van der Waals surface area contributed by atoms with E-state index >= 15 is 0 Å². The maximum atomic E-state index is 4.02. The molecular weight excluding hydrogens is 234 g/mol. The van der Waals surface area contributed by atoms with Crippen molar-refractivity contribution in [1.29, 1.82) is 0 Å². The topological polar surface area (TPSA) is 27.3 Å². The van der Waals surface area contributed by atoms with Gasteiger partial charge in [0.2, 0.25) is 0 Å². The molecule has 3 heteroatoms. The van der Waals surface area contributed by atoms with Gasteiger partial charge in [0.25, 0.3) is 0 Å². The molecule has 0 amide bonds. The van der Waals surface area contributed by atoms with Crippen LogP contribution in [0.5, 0.6) is 0 Å². The third-order valence-electron chi connectivity index (χ3n) is 5.30. The Bertz CT molecular complexity index is 313. The molecule has 19 heavy (non-hydrogen) atoms. The molecule has 4 aliphatic rings. The highest BCUT2D eigenvalue weighted by atomic mass is 15.2. The molecule has 4 rings (SSSR count). The van der Waals surface area contributed by atoms with Crippen molar-refractivity contribution >= 4 is 0 Å². The molecule has 0 aliphatic carbocycles. The highest BCUT2D eigenvalue weighted by Crippen LogP contribution is 2.32. The molecule has 0 aromatic carbocycles. The van der Waals surface area contributed by atoms with Crippen molar-refractivity contribution in [3.63, 3.8) is 0 Å². The maximum Gasteiger partial charge on any atom is 0.0226 e. The van der Waals surface area contributed by atoms with Crippen LogP contribution in [0, 0.1) is 5.92 Å². The molecule has 0 radical (unpaired) electrons. The van der Waals surface area contributed by atoms with Crippen LogP contribution in [-0.2, 0) is 0 Å². The van der Waals surface area contributed by atoms with Gasteiger partial charge < -0.3 is 15.5 Å². The normalized spacial score (nSPS) is 41.4. The quantitative estimate of drug-likeness (QED) is 0.799. The van der Waals surface area contributed by atoms with Crippen LogP contribution < -0.4 is 10.6 Å². The van der Waals surface area contributed by atoms with Crippen molar-refractivity contribution < 1.29 is 0 Å². The fraction of sp³-hybridized carbons (Fsp3) is 1.00. The van der Waals surface area contributed by atoms with Gasteiger partial charge in [-0.3, -0.25) is 0 Å². The van der Waals surface area contributed by atoms with E-state index in [1.54, 1.807) is 0 Å². The zero-order valence-electron chi connectivity index (χ0n) is 13.1. The average Bonchev–Trinajstić information content (AvgIpc) is 2.26. The van der Waals surface area contributed by atoms with E-state index in [-0.39, 0.29) is 11.1 Å². The third kappa shape index (κ3) is 3.14. The molecule has 4 aliphatic heterocycles. The lowest BCUT2D eigenvalue weighted by Crippen LogP contribution is -2.65. The smallest absolute Gasteiger partial charge is 0.0226 e. The molecule has 2 N–H and O–H groups in total. The number of nitrogens with zero attached hydrogens (tertiary/aromatic N) is 1. The SMILES string of the molecule is CC1(C)CC(NC2CN3CCC2CC3)CC(C)(C)N1. The standard InChI is InChI=1S/C16H31N3/c1-15(2)9-13(10-16(3,4)18-15)17-14-11-19-7-5-12(14)6-8-19/h12-14,17-18H,5-11H2,1-4H3. The Morgan fingerprint density at radius 3 is 2.05 bits per heavy atom. The number of fused-ring (bicyclic) bond motifs is 3. The van der Waals surface area contributed by atoms with Gasteiger partial charge in [-0.15, -0.1) is 0 Å². The van der Waals surface area contributed by atoms with Crippen LogP contribution in [-0.4, -0.2) is 47.7 Å². The Labute approximate surface area is 118 Å². The summed E-state index contributed by atoms with van der Waals surface area (Å²) in [5.74, 6) is 0.936. The van der Waals surface area contributed by atoms with Crippen LogP contribution in [0.4, 0.5) is 0 Å². The lowest BCUT2D eigenvalue weighted by Gasteiger charge is -2.51. The van der Waals surface area contributed by atoms with Crippen LogP contribution in [0.25, 0.3) is 0 Å². The molecule has 3 nitrogen and oxygen atoms in total. The third-order valence-corrected chi connectivity index (χ3v) is 5.30. The second-order valence-electron chi connectivity index (χ2n) is 8.41. The first-order chi connectivity index (χ1) is 8.83. The lowest BCUT2D eigenvalue weighted by atomic mass is 9.78. The zero-order valence-corrected chi connectivity index (χ0v) is 13.1. The van der Waals surface area contributed by atoms with E-state index in [0.29, 0.717) is 6.04 Å². The van der Waals surface area contributed by atoms with Crippen LogP contribution in [0.1, 0.15) is 53.4 Å². The number of nitrogens with one attached hydrogen (secondary N) is 2. The van der Waals surface area contributed by atoms with Gasteiger partial charge in [0, 0.05) is 29.7 Å². The number of rotatable bonds is 2. The van der Waals surface area contributed by atoms with Gasteiger partial charge in [-0.2, -0.15) is 0 Å². The molecule has 0 saturated carbocycles. The molecular formula is C16H31N3. The lowest BCUT2D eigenvalue weighted by molar-refractivity contribution is 0.0520. The van der Waals surface area contributed by atoms with Gasteiger partial charge in [-0.25, -0.2) is 0 Å². The van der Waals surface area contributed by atoms with Crippen LogP contribution in [0.2, 0.25) is 0 Å². The maximum absolute atomic E-state index is 4.02. The predicted octanol–water partition coefficient (Wildman–Crippen LogP) is 1.98. The van der Waals surface area contributed by atoms with E-state index in [9.17, 15) is 0 Å². The summed E-state index contributed by atoms with van der Waals surface area (Å²) in [6, 6.07) is 1.42. The molecule has 0 aromatic rings. The first-order valence-corrected chi connectivity index (χ1v) is 8.11. The number of hydrogen-bond acceptors (Lipinski definition) is 3. The van der Waals surface area contributed by atoms with Crippen LogP contribution in [0.15, 0.2) is 0 Å². The summed E-state index contributed by atoms with van der Waals surface area (Å²) in [4.78, 5) is 2.65. The largest absolute Gasteiger partial charge is 0.310 e. The Morgan fingerprint density at radius 2 is 1.58 bits per heavy atom. The Morgan fingerprint density at radius 1 is 1.00 bits per heavy atom. The van der Waals surface area contributed by atoms with Crippen molar-refractivity contribution in [2.24, 2.45) is 5.92 Å². The molecule has 4 fully saturated rings. The number of hydrogen-bond donors (Lipinski definition) is 2. The summed E-state index contributed by atoms with van der Waals surface area (Å²) >= 11 is 0. The van der Waals surface area contributed by atoms with E-state index in [1.165, 1.54) is 45.3 Å². The van der Waals surface area contributed by atoms with Gasteiger partial charge in [0.05, 0.1) is 0 Å². The molecule has 2 bridgehead atoms. The highest BCUT2D eigenvalue weighted by Gasteiger charge is 2.40. The van der Waals surface area contributed by atoms with Gasteiger partial charge in [0.15, 0.2) is 0 Å². The summed E-state index contributed by atoms with van der Waals surface area (Å²) in [5.41, 5.74) is 0.515. The molecule has 4 saturated heterocycles. The van der Waals surface area contributed by atoms with E-state index < -0.39 is 0 Å². The minimum atomic E-state index is 0.257. The van der Waals surface area contributed by atoms with E-state index in [1.807, 2.05) is 0 Å². The number of piperidine rings is 4. The van der Waals surface area contributed by atoms with Crippen molar-refractivity contribution in [2.75, 3.05) is 19.6 Å². The van der Waals surface area contributed by atoms with Crippen LogP contribution in [0.3, 0.4) is 0 Å². The second-order valence-corrected chi connectivity index (χ2v) is 8.41. The van der Waals surface area contributed by atoms with Gasteiger partial charge >= 0.3 is 0 Å². The zero-order chi connectivity index (χ0) is 13.7. The summed E-state index contributed by atoms with van der Waals surface area (Å²) in [6.07, 6.45) is 5.32. The first-order valence-electron chi connectivity index (χ1n) is 8.11. The van der Waals surface area contributed by atoms with Gasteiger partial charge in [-0.1, -0.05) is 0 Å². The Balaban J connectivity index is 1.63. The van der Waals surface area contributed by atoms with Crippen LogP contribution >= 0.6 is 0 Å². The van der Waals surface area contributed by atoms with E-state index in [0.717, 1.165) is 12.0 Å². The minimum Gasteiger partial charge on any atom is -0.310 e. The highest BCUT2D eigenvalue weighted by molar-refractivity contribution is 5.02. The van der Waals surface area contributed by atoms with Crippen molar-refractivity contribution in [3.05, 3.63) is 0 Å². The summed E-state index contributed by atoms with van der Waals surface area (Å²) in [6.45, 7) is 13.4. The molecule has 1 unspecified atom stereocenters. The molecule has 1 atom stereocenters. The molecule has 0 aromatic heterocycles. The van der Waals surface area contributed by atoms with Crippen molar-refractivity contribution in [3.8, 4) is 0 Å². The van der Waals surface area contributed by atoms with Gasteiger partial charge in [-0.05, 0) is 72.4 Å². The Hall–Kier alpha value is -0.120. The molecule has 110 valence electrons. The summed E-state index contributed by atoms with van der Waals surface area (Å²) < 4.78 is 0. The monoisotopic (exact) mass is 265 g/mol. The average molecular weight is 265 g/mol. The second kappa shape index (κ2) is 4.71. The van der Waals surface area contributed by atoms with E-state index in [4.69, 9.17) is 0 Å². The van der Waals surface area contributed by atoms with Crippen molar-refractivity contribution in [1.82, 2.24) is 15.5 Å². The van der Waals surface area contributed by atoms with E-state index in [2.05, 4.69) is 43.2 Å². The first kappa shape index (κ1) is 13.8. The predicted molar refractivity (Wildman–Crippen MR) is 80.4 cm³/mol. The van der Waals surface area contributed by atoms with Crippen molar-refractivity contribution in [2.45, 2.75) is 76.5 Å². The summed E-state index contributed by atoms with van der Waals surface area (Å²) in [7, 11) is 0. The minimum absolute atomic E-state index is 0.257. The fourth-order valence-electron chi connectivity index (χ4n) is 4.90.